The quantitative estimate of drug-likeness (QED) is 0.0499. The Morgan fingerprint density at radius 2 is 1.09 bits per heavy atom. The minimum Gasteiger partial charge on any atom is -0.382 e. The molecule has 1 aliphatic heterocycles. The van der Waals surface area contributed by atoms with Crippen LogP contribution in [-0.2, 0) is 39.0 Å². The summed E-state index contributed by atoms with van der Waals surface area (Å²) < 4.78 is 37.1. The first-order chi connectivity index (χ1) is 52.2. The number of piperidine rings is 1. The molecule has 14 aromatic rings. The highest BCUT2D eigenvalue weighted by Crippen LogP contribution is 2.43. The molecule has 0 unspecified atom stereocenters. The first-order valence-corrected chi connectivity index (χ1v) is 39.0. The molecule has 0 bridgehead atoms. The number of fused-ring (bicyclic) bond motifs is 6. The smallest absolute Gasteiger partial charge is 0.243 e. The van der Waals surface area contributed by atoms with Gasteiger partial charge < -0.3 is 31.7 Å². The average molecular weight is 1450 g/mol. The Kier molecular flexibility index (Phi) is 19.7. The number of aromatic amines is 2. The van der Waals surface area contributed by atoms with E-state index in [4.69, 9.17) is 32.2 Å². The summed E-state index contributed by atoms with van der Waals surface area (Å²) in [7, 11) is -3.57. The Balaban J connectivity index is 0.000000123. The molecule has 107 heavy (non-hydrogen) atoms. The van der Waals surface area contributed by atoms with Gasteiger partial charge in [0.25, 0.3) is 0 Å². The first kappa shape index (κ1) is 69.9. The number of H-pyrrole nitrogens is 2. The number of hydrogen-bond acceptors (Lipinski definition) is 15. The fourth-order valence-electron chi connectivity index (χ4n) is 16.6. The van der Waals surface area contributed by atoms with E-state index in [2.05, 4.69) is 109 Å². The number of hydrogen-bond donors (Lipinski definition) is 5. The maximum absolute atomic E-state index is 13.6. The lowest BCUT2D eigenvalue weighted by Crippen LogP contribution is -2.38. The van der Waals surface area contributed by atoms with Crippen LogP contribution >= 0.6 is 0 Å². The minimum atomic E-state index is -3.57. The number of nitrogens with zero attached hydrogens (tertiary/aromatic N) is 13. The van der Waals surface area contributed by atoms with Crippen molar-refractivity contribution in [2.45, 2.75) is 145 Å². The number of allylic oxidation sites excluding steroid dienone is 1. The van der Waals surface area contributed by atoms with Crippen LogP contribution in [0.5, 0.6) is 0 Å². The Bertz CT molecular complexity index is 5640. The molecule has 3 fully saturated rings. The van der Waals surface area contributed by atoms with Gasteiger partial charge in [0.15, 0.2) is 0 Å². The van der Waals surface area contributed by atoms with Crippen molar-refractivity contribution in [2.75, 3.05) is 30.3 Å². The molecule has 18 rings (SSSR count). The number of nitrogens with two attached hydrogens (primary N) is 3. The second-order valence-electron chi connectivity index (χ2n) is 29.3. The lowest BCUT2D eigenvalue weighted by atomic mass is 9.78. The molecule has 3 aliphatic carbocycles. The fourth-order valence-corrected chi connectivity index (χ4v) is 18.4. The van der Waals surface area contributed by atoms with E-state index in [1.807, 2.05) is 104 Å². The molecular weight excluding hydrogens is 1360 g/mol. The van der Waals surface area contributed by atoms with Gasteiger partial charge in [-0.25, -0.2) is 43.3 Å². The van der Waals surface area contributed by atoms with Gasteiger partial charge in [-0.2, -0.15) is 4.31 Å². The summed E-state index contributed by atoms with van der Waals surface area (Å²) in [4.78, 5) is 69.6. The van der Waals surface area contributed by atoms with E-state index >= 15 is 0 Å². The number of carbonyl (C=O) groups excluding carboxylic acids is 2. The van der Waals surface area contributed by atoms with Crippen LogP contribution in [-0.4, -0.2) is 105 Å². The number of imidazole rings is 4. The highest BCUT2D eigenvalue weighted by molar-refractivity contribution is 7.89. The zero-order chi connectivity index (χ0) is 73.3. The molecule has 1 saturated heterocycles. The molecule has 4 aromatic carbocycles. The van der Waals surface area contributed by atoms with Gasteiger partial charge in [0.2, 0.25) is 10.0 Å². The molecule has 544 valence electrons. The summed E-state index contributed by atoms with van der Waals surface area (Å²) in [6, 6.07) is 38.2. The second-order valence-corrected chi connectivity index (χ2v) is 31.2. The standard InChI is InChI=1S/C28H31N7O.C28H30N6O2S.C28H27N5O/c29-27-26-25(23-17-21-5-1-2-6-22(21)32-23)33-28(35(26)16-13-31-27)20-10-8-19(9-11-20)24(36)7-3-4-14-34-15-12-30-18-34;1-18(2)21-8-4-6-10-24(21)37(35,36)33-14-11-19(12-15-33)28-32-25(26-27(29)30-13-16-34(26)28)23-17-20-7-3-5-9-22(20)31-23;29-27-26-25(23-11-6-19-4-1-5-22(19)16-23)32-28(33(26)14-13-31-27)21-9-7-20(8-10-21)24(34)15-18-3-2-12-30-17-18/h1-2,5-6,12-13,15-20,32H,3-4,7-11,14H2,(H2,29,31);3-10,13,16-19,31H,11-12,14-15H2,1-2H3,(H2,29,30);1-3,5-6,11-14,16-17,20-21H,4,7-10,15H2,(H2,29,31). The number of ketones is 2. The van der Waals surface area contributed by atoms with Crippen LogP contribution in [0.2, 0.25) is 0 Å². The molecule has 22 nitrogen and oxygen atoms in total. The Morgan fingerprint density at radius 3 is 1.64 bits per heavy atom. The molecule has 10 aromatic heterocycles. The van der Waals surface area contributed by atoms with E-state index in [1.165, 1.54) is 11.1 Å². The molecule has 23 heteroatoms. The number of para-hydroxylation sites is 2. The topological polar surface area (TPSA) is 302 Å². The highest BCUT2D eigenvalue weighted by Gasteiger charge is 2.36. The van der Waals surface area contributed by atoms with Crippen LogP contribution in [0.25, 0.3) is 78.5 Å². The molecule has 11 heterocycles. The molecule has 0 spiro atoms. The Labute approximate surface area is 620 Å². The van der Waals surface area contributed by atoms with E-state index in [9.17, 15) is 18.0 Å². The van der Waals surface area contributed by atoms with E-state index in [0.717, 1.165) is 178 Å². The van der Waals surface area contributed by atoms with Crippen LogP contribution < -0.4 is 17.2 Å². The van der Waals surface area contributed by atoms with Crippen molar-refractivity contribution in [2.24, 2.45) is 11.8 Å². The lowest BCUT2D eigenvalue weighted by Gasteiger charge is -2.31. The Morgan fingerprint density at radius 1 is 0.551 bits per heavy atom. The highest BCUT2D eigenvalue weighted by atomic mass is 32.2. The van der Waals surface area contributed by atoms with Gasteiger partial charge in [0, 0.05) is 151 Å². The van der Waals surface area contributed by atoms with Crippen molar-refractivity contribution in [3.8, 4) is 34.0 Å². The third-order valence-corrected chi connectivity index (χ3v) is 24.3. The monoisotopic (exact) mass is 1440 g/mol. The summed E-state index contributed by atoms with van der Waals surface area (Å²) in [6.07, 6.45) is 37.3. The van der Waals surface area contributed by atoms with E-state index in [-0.39, 0.29) is 23.7 Å². The second kappa shape index (κ2) is 30.2. The van der Waals surface area contributed by atoms with Gasteiger partial charge in [-0.1, -0.05) is 98.8 Å². The largest absolute Gasteiger partial charge is 0.382 e. The number of nitrogen functional groups attached to an aromatic ring is 3. The number of aryl methyl sites for hydroxylation is 1. The number of unbranched alkanes of at least 4 members (excludes halogenated alkanes) is 1. The molecule has 8 N–H and O–H groups in total. The number of Topliss-reactive ketones (excluding diaryl/α,β-unsaturated/α-hetero) is 2. The van der Waals surface area contributed by atoms with Crippen molar-refractivity contribution in [1.82, 2.24) is 71.9 Å². The zero-order valence-electron chi connectivity index (χ0n) is 60.3. The van der Waals surface area contributed by atoms with Crippen LogP contribution in [0, 0.1) is 11.8 Å². The number of rotatable bonds is 18. The van der Waals surface area contributed by atoms with Gasteiger partial charge in [0.1, 0.15) is 80.1 Å². The summed E-state index contributed by atoms with van der Waals surface area (Å²) in [5.74, 6) is 6.13. The van der Waals surface area contributed by atoms with Gasteiger partial charge >= 0.3 is 0 Å². The summed E-state index contributed by atoms with van der Waals surface area (Å²) >= 11 is 0. The maximum Gasteiger partial charge on any atom is 0.243 e. The number of nitrogens with one attached hydrogen (secondary N) is 2. The van der Waals surface area contributed by atoms with Crippen molar-refractivity contribution < 1.29 is 18.0 Å². The van der Waals surface area contributed by atoms with Crippen molar-refractivity contribution in [1.29, 1.82) is 0 Å². The molecule has 0 atom stereocenters. The summed E-state index contributed by atoms with van der Waals surface area (Å²) in [6.45, 7) is 5.85. The fraction of sp³-hybridized carbons (Fsp3) is 0.310. The van der Waals surface area contributed by atoms with Crippen LogP contribution in [0.4, 0.5) is 17.5 Å². The van der Waals surface area contributed by atoms with Gasteiger partial charge in [0.05, 0.1) is 22.6 Å². The molecule has 0 radical (unpaired) electrons. The third-order valence-electron chi connectivity index (χ3n) is 22.3. The number of carbonyl (C=O) groups is 2. The van der Waals surface area contributed by atoms with E-state index in [1.54, 1.807) is 53.6 Å². The van der Waals surface area contributed by atoms with Gasteiger partial charge in [-0.3, -0.25) is 27.8 Å². The Hall–Kier alpha value is -11.4. The predicted molar refractivity (Wildman–Crippen MR) is 420 cm³/mol. The van der Waals surface area contributed by atoms with Gasteiger partial charge in [-0.05, 0) is 154 Å². The van der Waals surface area contributed by atoms with E-state index in [0.29, 0.717) is 84.5 Å². The zero-order valence-corrected chi connectivity index (χ0v) is 61.1. The number of pyridine rings is 1. The van der Waals surface area contributed by atoms with E-state index < -0.39 is 10.0 Å². The molecule has 0 amide bonds. The van der Waals surface area contributed by atoms with Crippen LogP contribution in [0.3, 0.4) is 0 Å². The minimum absolute atomic E-state index is 0.0965. The number of anilines is 3. The predicted octanol–water partition coefficient (Wildman–Crippen LogP) is 15.5. The summed E-state index contributed by atoms with van der Waals surface area (Å²) in [5.41, 5.74) is 33.4. The number of sulfonamides is 1. The third kappa shape index (κ3) is 14.2. The molecular formula is C84H88N18O4S. The van der Waals surface area contributed by atoms with Crippen molar-refractivity contribution in [3.05, 3.63) is 229 Å². The first-order valence-electron chi connectivity index (χ1n) is 37.5. The van der Waals surface area contributed by atoms with Gasteiger partial charge in [-0.15, -0.1) is 0 Å². The van der Waals surface area contributed by atoms with Crippen molar-refractivity contribution in [3.63, 3.8) is 0 Å². The number of aromatic nitrogens is 14. The van der Waals surface area contributed by atoms with Crippen molar-refractivity contribution >= 4 is 83.5 Å². The number of benzene rings is 4. The molecule has 2 saturated carbocycles. The normalized spacial score (nSPS) is 17.7. The maximum atomic E-state index is 13.6. The molecule has 4 aliphatic rings. The lowest BCUT2D eigenvalue weighted by molar-refractivity contribution is -0.124. The average Bonchev–Trinajstić information content (AvgIpc) is 1.63. The SMILES string of the molecule is CC(C)c1ccccc1S(=O)(=O)N1CCC(c2nc(-c3cc4ccccc4[nH]3)c3c(N)nccn23)CC1.Nc1nccn2c(C3CCC(C(=O)CCCCn4ccnc4)CC3)nc(-c3cc4ccccc4[nH]3)c12.Nc1nccn2c(C3CCC(C(=O)Cc4cccnc4)CC3)nc(-c3ccc4c(c3)C=CC4)c12. The summed E-state index contributed by atoms with van der Waals surface area (Å²) in [5, 5.41) is 2.24. The van der Waals surface area contributed by atoms with Crippen LogP contribution in [0.1, 0.15) is 161 Å². The van der Waals surface area contributed by atoms with Crippen LogP contribution in [0.15, 0.2) is 195 Å².